The number of nitrogens with zero attached hydrogens (tertiary/aromatic N) is 4. The third kappa shape index (κ3) is 5.00. The number of fused-ring (bicyclic) bond motifs is 7. The average molecular weight is 662 g/mol. The number of anilines is 3. The standard InChI is InChI=1S/C32H40BN7O6S/c1-28(2)16-18-4-3-14-34-24-20(41)6-8-23(36-24)47-38-26(42)19-5-7-21(35-25(19)39(28)17-18)40-15-9-22(37-40)46-32(33,45)31(43,44)27-29(10-11-29)30(27)12-13-30/h5-9,15,18,22,27,37,41,43-45H,3-4,10-14,16-17H2,1-2H3,(H,34,36)(H,38,42). The fraction of sp³-hybridized carbons (Fsp3) is 0.594. The predicted molar refractivity (Wildman–Crippen MR) is 175 cm³/mol. The summed E-state index contributed by atoms with van der Waals surface area (Å²) in [4.78, 5) is 25.3. The van der Waals surface area contributed by atoms with E-state index in [0.29, 0.717) is 47.1 Å². The van der Waals surface area contributed by atoms with Crippen molar-refractivity contribution >= 4 is 43.2 Å². The third-order valence-electron chi connectivity index (χ3n) is 11.2. The maximum Gasteiger partial charge on any atom is 0.265 e. The predicted octanol–water partition coefficient (Wildman–Crippen LogP) is 2.30. The number of aromatic nitrogens is 2. The summed E-state index contributed by atoms with van der Waals surface area (Å²) in [6.07, 6.45) is 8.66. The number of aliphatic hydroxyl groups is 3. The Bertz CT molecular complexity index is 1630. The zero-order chi connectivity index (χ0) is 33.0. The number of carbonyl (C=O) groups excluding carboxylic acids is 1. The zero-order valence-corrected chi connectivity index (χ0v) is 27.3. The Balaban J connectivity index is 1.03. The van der Waals surface area contributed by atoms with Crippen molar-refractivity contribution in [2.24, 2.45) is 22.7 Å². The molecule has 47 heavy (non-hydrogen) atoms. The molecule has 2 aromatic rings. The van der Waals surface area contributed by atoms with Gasteiger partial charge in [-0.15, -0.1) is 0 Å². The number of aromatic hydroxyl groups is 1. The highest BCUT2D eigenvalue weighted by molar-refractivity contribution is 7.97. The zero-order valence-electron chi connectivity index (χ0n) is 26.4. The van der Waals surface area contributed by atoms with Crippen LogP contribution in [0.4, 0.5) is 17.5 Å². The Kier molecular flexibility index (Phi) is 6.95. The van der Waals surface area contributed by atoms with E-state index in [-0.39, 0.29) is 28.0 Å². The first kappa shape index (κ1) is 31.2. The van der Waals surface area contributed by atoms with Gasteiger partial charge in [0.2, 0.25) is 5.79 Å². The molecule has 0 aromatic carbocycles. The van der Waals surface area contributed by atoms with Crippen LogP contribution < -0.4 is 25.4 Å². The SMILES string of the molecule is [B]C(O)(OC1C=CN(c2ccc3c(n2)N2CC(CCCNc4nc(ccc4O)SNC3=O)CC2(C)C)N1)C(O)(O)C1C2(CC2)C12CC2. The van der Waals surface area contributed by atoms with E-state index in [1.807, 2.05) is 0 Å². The van der Waals surface area contributed by atoms with E-state index in [4.69, 9.17) is 17.6 Å². The number of carbonyl (C=O) groups is 1. The minimum Gasteiger partial charge on any atom is -0.504 e. The summed E-state index contributed by atoms with van der Waals surface area (Å²) >= 11 is 1.06. The monoisotopic (exact) mass is 661 g/mol. The quantitative estimate of drug-likeness (QED) is 0.141. The van der Waals surface area contributed by atoms with Gasteiger partial charge in [-0.1, -0.05) is 0 Å². The largest absolute Gasteiger partial charge is 0.504 e. The van der Waals surface area contributed by atoms with Gasteiger partial charge in [0.1, 0.15) is 22.9 Å². The summed E-state index contributed by atoms with van der Waals surface area (Å²) in [6, 6.07) is 6.62. The molecule has 2 aromatic heterocycles. The first-order valence-corrected chi connectivity index (χ1v) is 17.2. The lowest BCUT2D eigenvalue weighted by atomic mass is 9.81. The Morgan fingerprint density at radius 2 is 1.83 bits per heavy atom. The maximum absolute atomic E-state index is 13.6. The average Bonchev–Trinajstić information content (AvgIpc) is 3.97. The minimum absolute atomic E-state index is 0.0573. The molecule has 13 nitrogen and oxygen atoms in total. The van der Waals surface area contributed by atoms with Crippen LogP contribution in [-0.2, 0) is 4.74 Å². The number of amides is 1. The normalized spacial score (nSPS) is 28.2. The molecule has 4 bridgehead atoms. The highest BCUT2D eigenvalue weighted by Crippen LogP contribution is 2.94. The lowest BCUT2D eigenvalue weighted by Crippen LogP contribution is -2.61. The van der Waals surface area contributed by atoms with Crippen LogP contribution in [0.5, 0.6) is 5.75 Å². The second-order valence-corrected chi connectivity index (χ2v) is 15.5. The van der Waals surface area contributed by atoms with Crippen LogP contribution >= 0.6 is 11.9 Å². The van der Waals surface area contributed by atoms with E-state index in [9.17, 15) is 25.2 Å². The number of nitrogens with one attached hydrogen (secondary N) is 3. The second-order valence-electron chi connectivity index (χ2n) is 14.7. The van der Waals surface area contributed by atoms with Gasteiger partial charge in [-0.3, -0.25) is 14.5 Å². The van der Waals surface area contributed by atoms with Gasteiger partial charge in [-0.2, -0.15) is 5.43 Å². The van der Waals surface area contributed by atoms with Crippen molar-refractivity contribution in [1.29, 1.82) is 0 Å². The van der Waals surface area contributed by atoms with Gasteiger partial charge in [-0.25, -0.2) is 9.97 Å². The Hall–Kier alpha value is -3.08. The summed E-state index contributed by atoms with van der Waals surface area (Å²) in [6.45, 7) is 5.67. The molecule has 8 rings (SSSR count). The summed E-state index contributed by atoms with van der Waals surface area (Å²) in [7, 11) is 6.07. The van der Waals surface area contributed by atoms with Crippen molar-refractivity contribution < 1.29 is 30.0 Å². The molecule has 5 heterocycles. The number of hydrogen-bond donors (Lipinski definition) is 7. The maximum atomic E-state index is 13.6. The lowest BCUT2D eigenvalue weighted by molar-refractivity contribution is -0.351. The van der Waals surface area contributed by atoms with Crippen molar-refractivity contribution in [1.82, 2.24) is 20.1 Å². The smallest absolute Gasteiger partial charge is 0.265 e. The van der Waals surface area contributed by atoms with Crippen LogP contribution in [0.2, 0.25) is 0 Å². The molecular formula is C32H40BN7O6S. The fourth-order valence-electron chi connectivity index (χ4n) is 8.71. The molecule has 3 unspecified atom stereocenters. The van der Waals surface area contributed by atoms with Gasteiger partial charge in [0.05, 0.1) is 5.56 Å². The molecular weight excluding hydrogens is 621 g/mol. The minimum atomic E-state index is -2.71. The van der Waals surface area contributed by atoms with Gasteiger partial charge in [0.25, 0.3) is 5.91 Å². The van der Waals surface area contributed by atoms with Crippen LogP contribution in [0.1, 0.15) is 69.2 Å². The van der Waals surface area contributed by atoms with E-state index in [0.717, 1.165) is 56.9 Å². The van der Waals surface area contributed by atoms with E-state index in [2.05, 4.69) is 39.2 Å². The molecule has 6 aliphatic rings. The van der Waals surface area contributed by atoms with Crippen molar-refractivity contribution in [3.63, 3.8) is 0 Å². The Morgan fingerprint density at radius 3 is 2.55 bits per heavy atom. The number of pyridine rings is 2. The summed E-state index contributed by atoms with van der Waals surface area (Å²) in [5.41, 5.74) is 0.194. The van der Waals surface area contributed by atoms with Gasteiger partial charge < -0.3 is 35.4 Å². The summed E-state index contributed by atoms with van der Waals surface area (Å²) < 4.78 is 8.56. The van der Waals surface area contributed by atoms with Crippen LogP contribution in [0.3, 0.4) is 0 Å². The highest BCUT2D eigenvalue weighted by Gasteiger charge is 2.92. The highest BCUT2D eigenvalue weighted by atomic mass is 32.2. The molecule has 2 radical (unpaired) electrons. The molecule has 248 valence electrons. The van der Waals surface area contributed by atoms with Crippen LogP contribution in [0.15, 0.2) is 41.6 Å². The number of rotatable bonds is 5. The van der Waals surface area contributed by atoms with Crippen LogP contribution in [0.25, 0.3) is 0 Å². The molecule has 3 saturated carbocycles. The second kappa shape index (κ2) is 10.5. The summed E-state index contributed by atoms with van der Waals surface area (Å²) in [5.74, 6) is -1.67. The van der Waals surface area contributed by atoms with Gasteiger partial charge in [0, 0.05) is 42.7 Å². The molecule has 3 aliphatic carbocycles. The van der Waals surface area contributed by atoms with Gasteiger partial charge in [0.15, 0.2) is 25.1 Å². The molecule has 15 heteroatoms. The van der Waals surface area contributed by atoms with E-state index < -0.39 is 23.6 Å². The van der Waals surface area contributed by atoms with Crippen LogP contribution in [0, 0.1) is 22.7 Å². The number of hydrazine groups is 1. The molecule has 3 atom stereocenters. The molecule has 4 fully saturated rings. The molecule has 1 amide bonds. The lowest BCUT2D eigenvalue weighted by Gasteiger charge is -2.40. The molecule has 2 spiro atoms. The van der Waals surface area contributed by atoms with Crippen molar-refractivity contribution in [3.8, 4) is 5.75 Å². The summed E-state index contributed by atoms with van der Waals surface area (Å²) in [5, 5.41) is 48.8. The first-order chi connectivity index (χ1) is 22.3. The van der Waals surface area contributed by atoms with Crippen molar-refractivity contribution in [2.75, 3.05) is 28.3 Å². The number of ether oxygens (including phenoxy) is 1. The third-order valence-corrected chi connectivity index (χ3v) is 12.0. The Labute approximate surface area is 278 Å². The van der Waals surface area contributed by atoms with Gasteiger partial charge in [-0.05, 0) is 106 Å². The molecule has 3 aliphatic heterocycles. The molecule has 1 saturated heterocycles. The topological polar surface area (TPSA) is 176 Å². The van der Waals surface area contributed by atoms with Crippen molar-refractivity contribution in [2.45, 2.75) is 87.1 Å². The van der Waals surface area contributed by atoms with Crippen LogP contribution in [-0.4, -0.2) is 80.5 Å². The van der Waals surface area contributed by atoms with E-state index in [1.165, 1.54) is 0 Å². The fourth-order valence-corrected chi connectivity index (χ4v) is 9.30. The first-order valence-electron chi connectivity index (χ1n) is 16.3. The Morgan fingerprint density at radius 1 is 1.09 bits per heavy atom. The van der Waals surface area contributed by atoms with E-state index in [1.54, 1.807) is 41.6 Å². The molecule has 7 N–H and O–H groups in total. The van der Waals surface area contributed by atoms with Gasteiger partial charge >= 0.3 is 0 Å². The van der Waals surface area contributed by atoms with E-state index >= 15 is 0 Å². The van der Waals surface area contributed by atoms with Crippen molar-refractivity contribution in [3.05, 3.63) is 42.1 Å². The number of hydrogen-bond acceptors (Lipinski definition) is 13.